The van der Waals surface area contributed by atoms with Crippen molar-refractivity contribution in [3.8, 4) is 0 Å². The summed E-state index contributed by atoms with van der Waals surface area (Å²) in [6.45, 7) is 4.01. The number of carboxylic acids is 1. The fourth-order valence-corrected chi connectivity index (χ4v) is 4.81. The third kappa shape index (κ3) is 5.36. The third-order valence-corrected chi connectivity index (χ3v) is 6.91. The number of anilines is 3. The number of carboxylic acid groups (broad SMARTS) is 1. The summed E-state index contributed by atoms with van der Waals surface area (Å²) in [5.74, 6) is -2.19. The summed E-state index contributed by atoms with van der Waals surface area (Å²) in [6, 6.07) is 20.8. The van der Waals surface area contributed by atoms with Crippen LogP contribution in [0.15, 0.2) is 71.1 Å². The van der Waals surface area contributed by atoms with Crippen LogP contribution in [0.3, 0.4) is 0 Å². The van der Waals surface area contributed by atoms with E-state index in [2.05, 4.69) is 15.6 Å². The Hall–Kier alpha value is -4.66. The maximum Gasteiger partial charge on any atom is 0.308 e. The van der Waals surface area contributed by atoms with Crippen LogP contribution in [0.25, 0.3) is 11.1 Å². The highest BCUT2D eigenvalue weighted by Gasteiger charge is 2.39. The van der Waals surface area contributed by atoms with E-state index in [1.165, 1.54) is 6.92 Å². The van der Waals surface area contributed by atoms with Crippen LogP contribution in [-0.2, 0) is 20.8 Å². The molecule has 38 heavy (non-hydrogen) atoms. The molecule has 9 nitrogen and oxygen atoms in total. The predicted octanol–water partition coefficient (Wildman–Crippen LogP) is 4.71. The summed E-state index contributed by atoms with van der Waals surface area (Å²) in [5, 5.41) is 15.7. The molecule has 4 aromatic rings. The molecular weight excluding hydrogens is 484 g/mol. The second-order valence-electron chi connectivity index (χ2n) is 9.58. The van der Waals surface area contributed by atoms with Crippen LogP contribution in [0.4, 0.5) is 17.4 Å². The predicted molar refractivity (Wildman–Crippen MR) is 143 cm³/mol. The molecule has 1 aliphatic rings. The molecular formula is C29H28N4O5. The van der Waals surface area contributed by atoms with Crippen molar-refractivity contribution < 1.29 is 23.9 Å². The summed E-state index contributed by atoms with van der Waals surface area (Å²) in [6.07, 6.45) is 0.149. The van der Waals surface area contributed by atoms with Crippen molar-refractivity contribution in [2.24, 2.45) is 5.92 Å². The summed E-state index contributed by atoms with van der Waals surface area (Å²) < 4.78 is 5.86. The number of para-hydroxylation sites is 1. The van der Waals surface area contributed by atoms with Gasteiger partial charge in [-0.25, -0.2) is 0 Å². The molecule has 2 amide bonds. The molecule has 0 aliphatic carbocycles. The van der Waals surface area contributed by atoms with Crippen molar-refractivity contribution in [1.82, 2.24) is 9.88 Å². The monoisotopic (exact) mass is 512 g/mol. The van der Waals surface area contributed by atoms with Crippen molar-refractivity contribution >= 4 is 46.3 Å². The van der Waals surface area contributed by atoms with Gasteiger partial charge in [-0.2, -0.15) is 4.98 Å². The minimum Gasteiger partial charge on any atom is -0.481 e. The quantitative estimate of drug-likeness (QED) is 0.328. The molecule has 0 radical (unpaired) electrons. The average molecular weight is 513 g/mol. The number of hydrogen-bond acceptors (Lipinski definition) is 6. The zero-order chi connectivity index (χ0) is 26.8. The van der Waals surface area contributed by atoms with Gasteiger partial charge in [0, 0.05) is 37.3 Å². The van der Waals surface area contributed by atoms with Gasteiger partial charge in [0.1, 0.15) is 5.52 Å². The van der Waals surface area contributed by atoms with E-state index in [0.717, 1.165) is 22.4 Å². The first-order chi connectivity index (χ1) is 18.3. The number of fused-ring (bicyclic) bond motifs is 1. The third-order valence-electron chi connectivity index (χ3n) is 6.91. The second kappa shape index (κ2) is 10.4. The second-order valence-corrected chi connectivity index (χ2v) is 9.58. The Bertz CT molecular complexity index is 1510. The number of oxazole rings is 1. The van der Waals surface area contributed by atoms with Gasteiger partial charge in [-0.05, 0) is 53.9 Å². The van der Waals surface area contributed by atoms with Crippen LogP contribution >= 0.6 is 0 Å². The molecule has 2 unspecified atom stereocenters. The number of carbonyl (C=O) groups is 3. The SMILES string of the molecule is CC(=O)N1CC(C(=O)O)C(c2ccc(NC(=O)Cc3ccc4nc(Nc5ccccc5C)oc4c3)cc2)C1. The number of hydrogen-bond donors (Lipinski definition) is 3. The van der Waals surface area contributed by atoms with Crippen LogP contribution < -0.4 is 10.6 Å². The Labute approximate surface area is 219 Å². The summed E-state index contributed by atoms with van der Waals surface area (Å²) in [5.41, 5.74) is 5.47. The van der Waals surface area contributed by atoms with Crippen LogP contribution in [0.5, 0.6) is 0 Å². The maximum absolute atomic E-state index is 12.7. The minimum atomic E-state index is -0.919. The zero-order valence-electron chi connectivity index (χ0n) is 21.1. The molecule has 0 bridgehead atoms. The normalized spacial score (nSPS) is 16.9. The topological polar surface area (TPSA) is 125 Å². The van der Waals surface area contributed by atoms with Gasteiger partial charge in [-0.1, -0.05) is 36.4 Å². The van der Waals surface area contributed by atoms with Crippen molar-refractivity contribution in [2.45, 2.75) is 26.2 Å². The van der Waals surface area contributed by atoms with E-state index in [1.54, 1.807) is 23.1 Å². The van der Waals surface area contributed by atoms with Crippen molar-refractivity contribution in [1.29, 1.82) is 0 Å². The summed E-state index contributed by atoms with van der Waals surface area (Å²) in [4.78, 5) is 42.2. The van der Waals surface area contributed by atoms with Gasteiger partial charge in [-0.15, -0.1) is 0 Å². The Morgan fingerprint density at radius 2 is 1.82 bits per heavy atom. The average Bonchev–Trinajstić information content (AvgIpc) is 3.50. The van der Waals surface area contributed by atoms with Gasteiger partial charge in [0.05, 0.1) is 12.3 Å². The largest absolute Gasteiger partial charge is 0.481 e. The molecule has 5 rings (SSSR count). The Balaban J connectivity index is 1.22. The number of nitrogens with one attached hydrogen (secondary N) is 2. The molecule has 2 atom stereocenters. The van der Waals surface area contributed by atoms with Crippen LogP contribution in [0.2, 0.25) is 0 Å². The Kier molecular flexibility index (Phi) is 6.83. The highest BCUT2D eigenvalue weighted by molar-refractivity contribution is 5.93. The number of rotatable bonds is 7. The van der Waals surface area contributed by atoms with E-state index in [0.29, 0.717) is 29.3 Å². The van der Waals surface area contributed by atoms with Crippen LogP contribution in [0.1, 0.15) is 29.5 Å². The minimum absolute atomic E-state index is 0.134. The molecule has 194 valence electrons. The van der Waals surface area contributed by atoms with E-state index >= 15 is 0 Å². The molecule has 2 heterocycles. The van der Waals surface area contributed by atoms with Gasteiger partial charge in [-0.3, -0.25) is 14.4 Å². The lowest BCUT2D eigenvalue weighted by atomic mass is 9.89. The van der Waals surface area contributed by atoms with E-state index in [4.69, 9.17) is 4.42 Å². The molecule has 0 saturated carbocycles. The maximum atomic E-state index is 12.7. The number of likely N-dealkylation sites (tertiary alicyclic amines) is 1. The van der Waals surface area contributed by atoms with Crippen molar-refractivity contribution in [3.05, 3.63) is 83.4 Å². The number of benzene rings is 3. The van der Waals surface area contributed by atoms with E-state index in [1.807, 2.05) is 55.5 Å². The standard InChI is InChI=1S/C29H28N4O5/c1-17-5-3-4-6-24(17)31-29-32-25-12-7-19(13-26(25)38-29)14-27(35)30-21-10-8-20(9-11-21)22-15-33(18(2)34)16-23(22)28(36)37/h3-13,22-23H,14-16H2,1-2H3,(H,30,35)(H,31,32)(H,36,37). The lowest BCUT2D eigenvalue weighted by Crippen LogP contribution is -2.27. The number of aliphatic carboxylic acids is 1. The molecule has 1 saturated heterocycles. The smallest absolute Gasteiger partial charge is 0.308 e. The summed E-state index contributed by atoms with van der Waals surface area (Å²) >= 11 is 0. The van der Waals surface area contributed by atoms with E-state index in [-0.39, 0.29) is 30.7 Å². The van der Waals surface area contributed by atoms with E-state index in [9.17, 15) is 19.5 Å². The van der Waals surface area contributed by atoms with Crippen molar-refractivity contribution in [3.63, 3.8) is 0 Å². The first kappa shape index (κ1) is 25.0. The fraction of sp³-hybridized carbons (Fsp3) is 0.241. The van der Waals surface area contributed by atoms with Gasteiger partial charge < -0.3 is 25.1 Å². The van der Waals surface area contributed by atoms with E-state index < -0.39 is 11.9 Å². The number of nitrogens with zero attached hydrogens (tertiary/aromatic N) is 2. The number of carbonyl (C=O) groups excluding carboxylic acids is 2. The molecule has 1 aliphatic heterocycles. The molecule has 1 fully saturated rings. The molecule has 9 heteroatoms. The summed E-state index contributed by atoms with van der Waals surface area (Å²) in [7, 11) is 0. The van der Waals surface area contributed by atoms with Crippen LogP contribution in [-0.4, -0.2) is 45.9 Å². The molecule has 3 N–H and O–H groups in total. The first-order valence-electron chi connectivity index (χ1n) is 12.4. The Morgan fingerprint density at radius 3 is 2.53 bits per heavy atom. The number of amides is 2. The number of aryl methyl sites for hydroxylation is 1. The zero-order valence-corrected chi connectivity index (χ0v) is 21.1. The van der Waals surface area contributed by atoms with Crippen molar-refractivity contribution in [2.75, 3.05) is 23.7 Å². The molecule has 0 spiro atoms. The molecule has 3 aromatic carbocycles. The van der Waals surface area contributed by atoms with Gasteiger partial charge >= 0.3 is 5.97 Å². The highest BCUT2D eigenvalue weighted by Crippen LogP contribution is 2.33. The fourth-order valence-electron chi connectivity index (χ4n) is 4.81. The van der Waals surface area contributed by atoms with Gasteiger partial charge in [0.25, 0.3) is 6.01 Å². The van der Waals surface area contributed by atoms with Gasteiger partial charge in [0.15, 0.2) is 5.58 Å². The number of aromatic nitrogens is 1. The Morgan fingerprint density at radius 1 is 1.05 bits per heavy atom. The lowest BCUT2D eigenvalue weighted by molar-refractivity contribution is -0.141. The first-order valence-corrected chi connectivity index (χ1v) is 12.4. The van der Waals surface area contributed by atoms with Crippen LogP contribution in [0, 0.1) is 12.8 Å². The molecule has 1 aromatic heterocycles. The van der Waals surface area contributed by atoms with Gasteiger partial charge in [0.2, 0.25) is 11.8 Å². The highest BCUT2D eigenvalue weighted by atomic mass is 16.4. The lowest BCUT2D eigenvalue weighted by Gasteiger charge is -2.16.